The largest absolute Gasteiger partial charge is 0.271 e. The summed E-state index contributed by atoms with van der Waals surface area (Å²) < 4.78 is 28.4. The van der Waals surface area contributed by atoms with Crippen LogP contribution in [0.2, 0.25) is 5.02 Å². The highest BCUT2D eigenvalue weighted by Gasteiger charge is 2.27. The smallest absolute Gasteiger partial charge is 0.270 e. The maximum Gasteiger partial charge on any atom is 0.270 e. The van der Waals surface area contributed by atoms with Gasteiger partial charge in [0.2, 0.25) is 0 Å². The lowest BCUT2D eigenvalue weighted by Gasteiger charge is -2.23. The molecule has 0 aliphatic carbocycles. The number of non-ortho nitro benzene ring substituents is 1. The zero-order valence-electron chi connectivity index (χ0n) is 17.7. The first-order valence-electron chi connectivity index (χ1n) is 9.69. The van der Waals surface area contributed by atoms with Crippen molar-refractivity contribution in [1.82, 2.24) is 5.43 Å². The second-order valence-corrected chi connectivity index (χ2v) is 10.2. The molecule has 1 amide bonds. The average Bonchev–Trinajstić information content (AvgIpc) is 2.79. The van der Waals surface area contributed by atoms with Gasteiger partial charge in [0.05, 0.1) is 21.7 Å². The monoisotopic (exact) mass is 564 g/mol. The molecule has 3 aromatic rings. The highest BCUT2D eigenvalue weighted by molar-refractivity contribution is 9.10. The molecule has 0 atom stereocenters. The van der Waals surface area contributed by atoms with Crippen LogP contribution in [0.5, 0.6) is 0 Å². The number of nitrogens with one attached hydrogen (secondary N) is 1. The van der Waals surface area contributed by atoms with E-state index >= 15 is 0 Å². The van der Waals surface area contributed by atoms with Crippen LogP contribution in [0.25, 0.3) is 0 Å². The Balaban J connectivity index is 1.84. The summed E-state index contributed by atoms with van der Waals surface area (Å²) in [5.41, 5.74) is 3.43. The molecule has 0 spiro atoms. The number of carbonyl (C=O) groups is 1. The van der Waals surface area contributed by atoms with Crippen molar-refractivity contribution >= 4 is 61.1 Å². The molecule has 176 valence electrons. The van der Waals surface area contributed by atoms with E-state index in [4.69, 9.17) is 11.6 Å². The molecule has 0 bridgehead atoms. The van der Waals surface area contributed by atoms with E-state index in [-0.39, 0.29) is 26.9 Å². The number of hydrazone groups is 1. The summed E-state index contributed by atoms with van der Waals surface area (Å²) in [5.74, 6) is -0.726. The Hall–Kier alpha value is -3.28. The van der Waals surface area contributed by atoms with Gasteiger partial charge in [-0.3, -0.25) is 19.2 Å². The van der Waals surface area contributed by atoms with Gasteiger partial charge in [-0.05, 0) is 49.4 Å². The predicted molar refractivity (Wildman–Crippen MR) is 134 cm³/mol. The lowest BCUT2D eigenvalue weighted by molar-refractivity contribution is -0.384. The van der Waals surface area contributed by atoms with Crippen molar-refractivity contribution in [1.29, 1.82) is 0 Å². The van der Waals surface area contributed by atoms with E-state index in [0.29, 0.717) is 0 Å². The minimum Gasteiger partial charge on any atom is -0.271 e. The Morgan fingerprint density at radius 2 is 1.79 bits per heavy atom. The molecule has 0 aliphatic rings. The highest BCUT2D eigenvalue weighted by Crippen LogP contribution is 2.25. The minimum atomic E-state index is -4.07. The van der Waals surface area contributed by atoms with Crippen LogP contribution in [0.4, 0.5) is 11.4 Å². The molecule has 34 heavy (non-hydrogen) atoms. The number of halogens is 2. The van der Waals surface area contributed by atoms with E-state index in [1.165, 1.54) is 30.3 Å². The number of sulfonamides is 1. The first kappa shape index (κ1) is 25.3. The van der Waals surface area contributed by atoms with Crippen LogP contribution in [-0.4, -0.2) is 32.0 Å². The number of nitro groups is 1. The van der Waals surface area contributed by atoms with Crippen LogP contribution in [-0.2, 0) is 14.8 Å². The second kappa shape index (κ2) is 10.8. The predicted octanol–water partition coefficient (Wildman–Crippen LogP) is 4.66. The Kier molecular flexibility index (Phi) is 8.02. The van der Waals surface area contributed by atoms with Crippen molar-refractivity contribution < 1.29 is 18.1 Å². The number of benzene rings is 3. The van der Waals surface area contributed by atoms with Gasteiger partial charge in [0.15, 0.2) is 0 Å². The molecule has 0 saturated heterocycles. The highest BCUT2D eigenvalue weighted by atomic mass is 79.9. The summed E-state index contributed by atoms with van der Waals surface area (Å²) in [6, 6.07) is 16.5. The summed E-state index contributed by atoms with van der Waals surface area (Å²) in [7, 11) is -4.07. The van der Waals surface area contributed by atoms with E-state index < -0.39 is 27.4 Å². The number of hydrogen-bond donors (Lipinski definition) is 1. The minimum absolute atomic E-state index is 0.0284. The molecule has 0 heterocycles. The maximum absolute atomic E-state index is 13.3. The summed E-state index contributed by atoms with van der Waals surface area (Å²) in [6.07, 6.45) is 1.14. The molecule has 0 aliphatic heterocycles. The average molecular weight is 566 g/mol. The molecule has 0 radical (unpaired) electrons. The van der Waals surface area contributed by atoms with Gasteiger partial charge in [0, 0.05) is 27.2 Å². The zero-order chi connectivity index (χ0) is 24.9. The normalized spacial score (nSPS) is 11.4. The van der Waals surface area contributed by atoms with Gasteiger partial charge in [-0.15, -0.1) is 0 Å². The van der Waals surface area contributed by atoms with E-state index in [2.05, 4.69) is 26.5 Å². The third-order valence-electron chi connectivity index (χ3n) is 4.59. The third kappa shape index (κ3) is 6.19. The quantitative estimate of drug-likeness (QED) is 0.242. The molecular weight excluding hydrogens is 548 g/mol. The molecule has 12 heteroatoms. The Bertz CT molecular complexity index is 1350. The number of rotatable bonds is 8. The van der Waals surface area contributed by atoms with Crippen LogP contribution in [0.15, 0.2) is 81.2 Å². The first-order chi connectivity index (χ1) is 16.1. The first-order valence-corrected chi connectivity index (χ1v) is 12.3. The van der Waals surface area contributed by atoms with Crippen LogP contribution in [0, 0.1) is 17.0 Å². The van der Waals surface area contributed by atoms with Crippen LogP contribution < -0.4 is 9.73 Å². The molecule has 3 rings (SSSR count). The second-order valence-electron chi connectivity index (χ2n) is 7.06. The van der Waals surface area contributed by atoms with E-state index in [0.717, 1.165) is 20.6 Å². The van der Waals surface area contributed by atoms with Gasteiger partial charge >= 0.3 is 0 Å². The fraction of sp³-hybridized carbons (Fsp3) is 0.0909. The molecule has 1 N–H and O–H groups in total. The van der Waals surface area contributed by atoms with Crippen molar-refractivity contribution in [3.05, 3.63) is 97.5 Å². The molecule has 0 saturated carbocycles. The van der Waals surface area contributed by atoms with Crippen molar-refractivity contribution in [3.8, 4) is 0 Å². The maximum atomic E-state index is 13.3. The number of amides is 1. The zero-order valence-corrected chi connectivity index (χ0v) is 20.8. The van der Waals surface area contributed by atoms with Gasteiger partial charge in [0.1, 0.15) is 6.54 Å². The van der Waals surface area contributed by atoms with E-state index in [9.17, 15) is 23.3 Å². The number of aryl methyl sites for hydroxylation is 1. The Labute approximate surface area is 209 Å². The number of hydrogen-bond acceptors (Lipinski definition) is 6. The molecule has 3 aromatic carbocycles. The van der Waals surface area contributed by atoms with Crippen molar-refractivity contribution in [3.63, 3.8) is 0 Å². The van der Waals surface area contributed by atoms with Crippen molar-refractivity contribution in [2.75, 3.05) is 10.8 Å². The van der Waals surface area contributed by atoms with Gasteiger partial charge in [-0.1, -0.05) is 45.2 Å². The van der Waals surface area contributed by atoms with Gasteiger partial charge in [0.25, 0.3) is 21.6 Å². The Morgan fingerprint density at radius 3 is 2.41 bits per heavy atom. The summed E-state index contributed by atoms with van der Waals surface area (Å²) in [5, 5.41) is 14.9. The molecule has 0 fully saturated rings. The fourth-order valence-electron chi connectivity index (χ4n) is 2.84. The number of nitrogens with zero attached hydrogens (tertiary/aromatic N) is 3. The summed E-state index contributed by atoms with van der Waals surface area (Å²) in [4.78, 5) is 23.0. The van der Waals surface area contributed by atoms with Gasteiger partial charge < -0.3 is 0 Å². The molecule has 9 nitrogen and oxygen atoms in total. The van der Waals surface area contributed by atoms with Crippen LogP contribution in [0.1, 0.15) is 11.1 Å². The molecular formula is C22H18BrClN4O5S. The van der Waals surface area contributed by atoms with Crippen LogP contribution in [0.3, 0.4) is 0 Å². The van der Waals surface area contributed by atoms with Crippen LogP contribution >= 0.6 is 27.5 Å². The summed E-state index contributed by atoms with van der Waals surface area (Å²) in [6.45, 7) is 1.28. The SMILES string of the molecule is Cc1ccc(S(=O)(=O)N(CC(=O)N/N=C\c2cc([N+](=O)[O-])ccc2Cl)c2ccc(Br)cc2)cc1. The standard InChI is InChI=1S/C22H18BrClN4O5S/c1-15-2-9-20(10-3-15)34(32,33)27(18-6-4-17(23)5-7-18)14-22(29)26-25-13-16-12-19(28(30)31)8-11-21(16)24/h2-13H,14H2,1H3,(H,26,29)/b25-13-. The number of anilines is 1. The fourth-order valence-corrected chi connectivity index (χ4v) is 4.69. The number of nitro benzene ring substituents is 1. The van der Waals surface area contributed by atoms with Crippen molar-refractivity contribution in [2.45, 2.75) is 11.8 Å². The van der Waals surface area contributed by atoms with Crippen molar-refractivity contribution in [2.24, 2.45) is 5.10 Å². The lowest BCUT2D eigenvalue weighted by Crippen LogP contribution is -2.39. The number of carbonyl (C=O) groups excluding carboxylic acids is 1. The van der Waals surface area contributed by atoms with Gasteiger partial charge in [-0.25, -0.2) is 13.8 Å². The Morgan fingerprint density at radius 1 is 1.15 bits per heavy atom. The topological polar surface area (TPSA) is 122 Å². The van der Waals surface area contributed by atoms with E-state index in [1.807, 2.05) is 6.92 Å². The lowest BCUT2D eigenvalue weighted by atomic mass is 10.2. The van der Waals surface area contributed by atoms with Gasteiger partial charge in [-0.2, -0.15) is 5.10 Å². The van der Waals surface area contributed by atoms with E-state index in [1.54, 1.807) is 36.4 Å². The molecule has 0 unspecified atom stereocenters. The molecule has 0 aromatic heterocycles. The third-order valence-corrected chi connectivity index (χ3v) is 7.26. The summed E-state index contributed by atoms with van der Waals surface area (Å²) >= 11 is 9.32.